The number of carbonyl (C=O) groups is 3. The normalized spacial score (nSPS) is 19.2. The Morgan fingerprint density at radius 1 is 1.00 bits per heavy atom. The number of nitrogens with zero attached hydrogens (tertiary/aromatic N) is 1. The largest absolute Gasteiger partial charge is 0.349 e. The van der Waals surface area contributed by atoms with E-state index in [4.69, 9.17) is 11.6 Å². The van der Waals surface area contributed by atoms with E-state index in [-0.39, 0.29) is 36.7 Å². The summed E-state index contributed by atoms with van der Waals surface area (Å²) in [5, 5.41) is 6.38. The molecule has 2 N–H and O–H groups in total. The molecule has 2 aromatic carbocycles. The molecule has 1 heterocycles. The molecule has 30 heavy (non-hydrogen) atoms. The molecular weight excluding hydrogens is 402 g/mol. The Morgan fingerprint density at radius 2 is 1.70 bits per heavy atom. The van der Waals surface area contributed by atoms with Crippen LogP contribution in [0, 0.1) is 5.92 Å². The molecule has 1 saturated carbocycles. The highest BCUT2D eigenvalue weighted by Gasteiger charge is 2.36. The van der Waals surface area contributed by atoms with Crippen LogP contribution in [-0.2, 0) is 9.59 Å². The molecule has 0 radical (unpaired) electrons. The van der Waals surface area contributed by atoms with Crippen molar-refractivity contribution >= 4 is 40.7 Å². The van der Waals surface area contributed by atoms with Crippen molar-refractivity contribution in [3.63, 3.8) is 0 Å². The van der Waals surface area contributed by atoms with Crippen molar-refractivity contribution in [3.8, 4) is 0 Å². The summed E-state index contributed by atoms with van der Waals surface area (Å²) in [5.41, 5.74) is 1.50. The van der Waals surface area contributed by atoms with Crippen LogP contribution in [0.15, 0.2) is 48.5 Å². The Labute approximate surface area is 180 Å². The first kappa shape index (κ1) is 20.4. The van der Waals surface area contributed by atoms with Gasteiger partial charge in [0.25, 0.3) is 5.91 Å². The second-order valence-corrected chi connectivity index (χ2v) is 8.25. The number of nitrogens with one attached hydrogen (secondary N) is 2. The van der Waals surface area contributed by atoms with Gasteiger partial charge in [0.05, 0.1) is 27.9 Å². The van der Waals surface area contributed by atoms with Crippen molar-refractivity contribution in [2.45, 2.75) is 38.1 Å². The van der Waals surface area contributed by atoms with E-state index >= 15 is 0 Å². The minimum atomic E-state index is -0.514. The number of para-hydroxylation sites is 2. The minimum Gasteiger partial charge on any atom is -0.349 e. The zero-order valence-corrected chi connectivity index (χ0v) is 17.3. The number of hydrogen-bond donors (Lipinski definition) is 2. The maximum atomic E-state index is 12.9. The van der Waals surface area contributed by atoms with Crippen LogP contribution < -0.4 is 15.5 Å². The van der Waals surface area contributed by atoms with Gasteiger partial charge in [-0.1, -0.05) is 48.7 Å². The number of carbonyl (C=O) groups excluding carboxylic acids is 3. The van der Waals surface area contributed by atoms with Gasteiger partial charge in [0.1, 0.15) is 0 Å². The Balaban J connectivity index is 1.45. The van der Waals surface area contributed by atoms with Gasteiger partial charge in [0.2, 0.25) is 11.8 Å². The number of anilines is 2. The predicted octanol–water partition coefficient (Wildman–Crippen LogP) is 4.00. The third-order valence-electron chi connectivity index (χ3n) is 5.76. The third kappa shape index (κ3) is 4.33. The number of hydrogen-bond acceptors (Lipinski definition) is 3. The summed E-state index contributed by atoms with van der Waals surface area (Å²) >= 11 is 6.21. The SMILES string of the molecule is O=C(NC1CCCC1)c1ccccc1NC(=O)[C@@H]1CC(=O)N(c2ccccc2Cl)C1. The average molecular weight is 426 g/mol. The number of rotatable bonds is 5. The number of halogens is 1. The van der Waals surface area contributed by atoms with Crippen molar-refractivity contribution in [1.82, 2.24) is 5.32 Å². The van der Waals surface area contributed by atoms with E-state index in [1.54, 1.807) is 53.4 Å². The van der Waals surface area contributed by atoms with Gasteiger partial charge in [-0.15, -0.1) is 0 Å². The number of benzene rings is 2. The lowest BCUT2D eigenvalue weighted by Crippen LogP contribution is -2.34. The second kappa shape index (κ2) is 8.88. The summed E-state index contributed by atoms with van der Waals surface area (Å²) in [6.07, 6.45) is 4.33. The van der Waals surface area contributed by atoms with Crippen LogP contribution in [-0.4, -0.2) is 30.3 Å². The lowest BCUT2D eigenvalue weighted by Gasteiger charge is -2.18. The molecule has 1 aliphatic carbocycles. The van der Waals surface area contributed by atoms with E-state index in [1.165, 1.54) is 0 Å². The smallest absolute Gasteiger partial charge is 0.253 e. The van der Waals surface area contributed by atoms with Crippen molar-refractivity contribution in [1.29, 1.82) is 0 Å². The van der Waals surface area contributed by atoms with E-state index in [2.05, 4.69) is 10.6 Å². The van der Waals surface area contributed by atoms with Crippen molar-refractivity contribution in [2.75, 3.05) is 16.8 Å². The molecule has 2 aromatic rings. The van der Waals surface area contributed by atoms with E-state index in [0.29, 0.717) is 22.0 Å². The van der Waals surface area contributed by atoms with Gasteiger partial charge in [0.15, 0.2) is 0 Å². The molecule has 1 atom stereocenters. The first-order valence-electron chi connectivity index (χ1n) is 10.3. The molecule has 0 unspecified atom stereocenters. The molecule has 1 aliphatic heterocycles. The maximum absolute atomic E-state index is 12.9. The van der Waals surface area contributed by atoms with E-state index in [9.17, 15) is 14.4 Å². The van der Waals surface area contributed by atoms with Gasteiger partial charge in [-0.05, 0) is 37.1 Å². The quantitative estimate of drug-likeness (QED) is 0.759. The third-order valence-corrected chi connectivity index (χ3v) is 6.08. The monoisotopic (exact) mass is 425 g/mol. The lowest BCUT2D eigenvalue weighted by molar-refractivity contribution is -0.122. The fraction of sp³-hybridized carbons (Fsp3) is 0.348. The Hall–Kier alpha value is -2.86. The van der Waals surface area contributed by atoms with Crippen LogP contribution in [0.1, 0.15) is 42.5 Å². The van der Waals surface area contributed by atoms with Crippen LogP contribution in [0.4, 0.5) is 11.4 Å². The molecule has 0 aromatic heterocycles. The average Bonchev–Trinajstić information content (AvgIpc) is 3.38. The van der Waals surface area contributed by atoms with E-state index in [0.717, 1.165) is 25.7 Å². The molecule has 4 rings (SSSR count). The lowest BCUT2D eigenvalue weighted by atomic mass is 10.1. The first-order chi connectivity index (χ1) is 14.5. The molecular formula is C23H24ClN3O3. The first-order valence-corrected chi connectivity index (χ1v) is 10.7. The topological polar surface area (TPSA) is 78.5 Å². The standard InChI is InChI=1S/C23H24ClN3O3/c24-18-10-4-6-12-20(18)27-14-15(13-21(27)28)22(29)26-19-11-5-3-9-17(19)23(30)25-16-7-1-2-8-16/h3-6,9-12,15-16H,1-2,7-8,13-14H2,(H,25,30)(H,26,29)/t15-/m1/s1. The molecule has 0 spiro atoms. The van der Waals surface area contributed by atoms with Crippen LogP contribution in [0.5, 0.6) is 0 Å². The Bertz CT molecular complexity index is 972. The summed E-state index contributed by atoms with van der Waals surface area (Å²) in [7, 11) is 0. The molecule has 2 aliphatic rings. The molecule has 3 amide bonds. The Morgan fingerprint density at radius 3 is 2.47 bits per heavy atom. The van der Waals surface area contributed by atoms with Crippen LogP contribution in [0.2, 0.25) is 5.02 Å². The highest BCUT2D eigenvalue weighted by Crippen LogP contribution is 2.31. The summed E-state index contributed by atoms with van der Waals surface area (Å²) in [5.74, 6) is -1.12. The van der Waals surface area contributed by atoms with Gasteiger partial charge in [-0.25, -0.2) is 0 Å². The highest BCUT2D eigenvalue weighted by atomic mass is 35.5. The predicted molar refractivity (Wildman–Crippen MR) is 117 cm³/mol. The van der Waals surface area contributed by atoms with Gasteiger partial charge in [-0.3, -0.25) is 14.4 Å². The van der Waals surface area contributed by atoms with Gasteiger partial charge in [0, 0.05) is 19.0 Å². The molecule has 0 bridgehead atoms. The fourth-order valence-electron chi connectivity index (χ4n) is 4.14. The van der Waals surface area contributed by atoms with Gasteiger partial charge < -0.3 is 15.5 Å². The van der Waals surface area contributed by atoms with Crippen LogP contribution >= 0.6 is 11.6 Å². The second-order valence-electron chi connectivity index (χ2n) is 7.85. The summed E-state index contributed by atoms with van der Waals surface area (Å²) in [6.45, 7) is 0.255. The van der Waals surface area contributed by atoms with Gasteiger partial charge in [-0.2, -0.15) is 0 Å². The molecule has 156 valence electrons. The van der Waals surface area contributed by atoms with Crippen LogP contribution in [0.25, 0.3) is 0 Å². The molecule has 2 fully saturated rings. The highest BCUT2D eigenvalue weighted by molar-refractivity contribution is 6.34. The maximum Gasteiger partial charge on any atom is 0.253 e. The summed E-state index contributed by atoms with van der Waals surface area (Å²) in [4.78, 5) is 39.6. The zero-order valence-electron chi connectivity index (χ0n) is 16.6. The summed E-state index contributed by atoms with van der Waals surface area (Å²) < 4.78 is 0. The molecule has 7 heteroatoms. The van der Waals surface area contributed by atoms with E-state index in [1.807, 2.05) is 0 Å². The van der Waals surface area contributed by atoms with Crippen molar-refractivity contribution in [2.24, 2.45) is 5.92 Å². The Kier molecular flexibility index (Phi) is 6.04. The molecule has 1 saturated heterocycles. The minimum absolute atomic E-state index is 0.105. The number of amides is 3. The van der Waals surface area contributed by atoms with E-state index < -0.39 is 5.92 Å². The van der Waals surface area contributed by atoms with Crippen molar-refractivity contribution < 1.29 is 14.4 Å². The van der Waals surface area contributed by atoms with Crippen molar-refractivity contribution in [3.05, 3.63) is 59.1 Å². The van der Waals surface area contributed by atoms with Crippen LogP contribution in [0.3, 0.4) is 0 Å². The zero-order chi connectivity index (χ0) is 21.1. The summed E-state index contributed by atoms with van der Waals surface area (Å²) in [6, 6.07) is 14.2. The van der Waals surface area contributed by atoms with Gasteiger partial charge >= 0.3 is 0 Å². The fourth-order valence-corrected chi connectivity index (χ4v) is 4.38. The molecule has 6 nitrogen and oxygen atoms in total.